The zero-order valence-corrected chi connectivity index (χ0v) is 17.3. The summed E-state index contributed by atoms with van der Waals surface area (Å²) in [5.41, 5.74) is 0.416. The summed E-state index contributed by atoms with van der Waals surface area (Å²) in [6.45, 7) is 0.567. The summed E-state index contributed by atoms with van der Waals surface area (Å²) in [4.78, 5) is 12.6. The Hall–Kier alpha value is -0.780. The molecular weight excluding hydrogens is 393 g/mol. The Labute approximate surface area is 165 Å². The molecule has 1 N–H and O–H groups in total. The van der Waals surface area contributed by atoms with Gasteiger partial charge in [-0.2, -0.15) is 0 Å². The molecule has 4 nitrogen and oxygen atoms in total. The number of nitrogens with one attached hydrogen (secondary N) is 1. The van der Waals surface area contributed by atoms with Gasteiger partial charge in [0.1, 0.15) is 9.84 Å². The minimum Gasteiger partial charge on any atom is -0.351 e. The van der Waals surface area contributed by atoms with Crippen molar-refractivity contribution in [3.8, 4) is 0 Å². The number of hydrogen-bond donors (Lipinski definition) is 1. The molecule has 2 aliphatic carbocycles. The molecule has 26 heavy (non-hydrogen) atoms. The molecule has 1 amide bonds. The minimum atomic E-state index is -2.99. The largest absolute Gasteiger partial charge is 0.351 e. The summed E-state index contributed by atoms with van der Waals surface area (Å²) in [5.74, 6) is 0.521. The zero-order chi connectivity index (χ0) is 18.9. The lowest BCUT2D eigenvalue weighted by Crippen LogP contribution is -2.42. The first kappa shape index (κ1) is 20.0. The highest BCUT2D eigenvalue weighted by molar-refractivity contribution is 7.91. The van der Waals surface area contributed by atoms with E-state index in [4.69, 9.17) is 23.2 Å². The number of amides is 1. The van der Waals surface area contributed by atoms with Gasteiger partial charge >= 0.3 is 0 Å². The molecule has 1 aromatic carbocycles. The van der Waals surface area contributed by atoms with Gasteiger partial charge in [-0.15, -0.1) is 0 Å². The molecular formula is C19H25Cl2NO3S. The van der Waals surface area contributed by atoms with Crippen LogP contribution in [0.2, 0.25) is 10.0 Å². The Kier molecular flexibility index (Phi) is 5.90. The lowest BCUT2D eigenvalue weighted by atomic mass is 9.70. The summed E-state index contributed by atoms with van der Waals surface area (Å²) >= 11 is 12.0. The van der Waals surface area contributed by atoms with Gasteiger partial charge in [-0.25, -0.2) is 8.42 Å². The fourth-order valence-electron chi connectivity index (χ4n) is 4.06. The lowest BCUT2D eigenvalue weighted by Gasteiger charge is -2.40. The third-order valence-corrected chi connectivity index (χ3v) is 8.05. The number of rotatable bonds is 6. The van der Waals surface area contributed by atoms with Crippen LogP contribution in [-0.2, 0) is 9.84 Å². The van der Waals surface area contributed by atoms with Gasteiger partial charge in [-0.3, -0.25) is 4.79 Å². The Morgan fingerprint density at radius 3 is 2.38 bits per heavy atom. The highest BCUT2D eigenvalue weighted by atomic mass is 35.5. The van der Waals surface area contributed by atoms with Crippen LogP contribution in [0.1, 0.15) is 55.3 Å². The van der Waals surface area contributed by atoms with E-state index in [0.29, 0.717) is 35.0 Å². The predicted molar refractivity (Wildman–Crippen MR) is 106 cm³/mol. The number of carbonyl (C=O) groups excluding carboxylic acids is 1. The highest BCUT2D eigenvalue weighted by Crippen LogP contribution is 2.48. The Balaban J connectivity index is 1.66. The van der Waals surface area contributed by atoms with E-state index in [1.54, 1.807) is 18.2 Å². The second kappa shape index (κ2) is 7.69. The third kappa shape index (κ3) is 4.93. The molecule has 3 rings (SSSR count). The quantitative estimate of drug-likeness (QED) is 0.740. The molecule has 0 bridgehead atoms. The molecule has 0 aromatic heterocycles. The van der Waals surface area contributed by atoms with E-state index in [0.717, 1.165) is 25.2 Å². The number of benzene rings is 1. The number of hydrogen-bond acceptors (Lipinski definition) is 3. The standard InChI is InChI=1S/C19H25Cl2NO3S/c1-26(24,25)15-6-8-19(9-7-15,11-13-2-3-13)12-22-18(23)16-5-4-14(20)10-17(16)21/h4-5,10,13,15H,2-3,6-9,11-12H2,1H3,(H,22,23). The molecule has 0 saturated heterocycles. The molecule has 2 saturated carbocycles. The summed E-state index contributed by atoms with van der Waals surface area (Å²) in [6, 6.07) is 4.85. The van der Waals surface area contributed by atoms with Crippen molar-refractivity contribution >= 4 is 38.9 Å². The van der Waals surface area contributed by atoms with Crippen LogP contribution >= 0.6 is 23.2 Å². The van der Waals surface area contributed by atoms with Crippen molar-refractivity contribution in [2.24, 2.45) is 11.3 Å². The number of halogens is 2. The molecule has 0 unspecified atom stereocenters. The number of carbonyl (C=O) groups is 1. The van der Waals surface area contributed by atoms with Gasteiger partial charge < -0.3 is 5.32 Å². The normalized spacial score (nSPS) is 26.5. The topological polar surface area (TPSA) is 63.2 Å². The van der Waals surface area contributed by atoms with Gasteiger partial charge in [0.2, 0.25) is 0 Å². The van der Waals surface area contributed by atoms with Crippen LogP contribution in [0.5, 0.6) is 0 Å². The van der Waals surface area contributed by atoms with Crippen molar-refractivity contribution in [2.75, 3.05) is 12.8 Å². The van der Waals surface area contributed by atoms with Crippen molar-refractivity contribution in [1.29, 1.82) is 0 Å². The van der Waals surface area contributed by atoms with Crippen LogP contribution in [-0.4, -0.2) is 32.4 Å². The van der Waals surface area contributed by atoms with E-state index in [1.807, 2.05) is 0 Å². The molecule has 1 aromatic rings. The minimum absolute atomic E-state index is 0.00306. The first-order chi connectivity index (χ1) is 12.2. The molecule has 0 radical (unpaired) electrons. The highest BCUT2D eigenvalue weighted by Gasteiger charge is 2.42. The molecule has 0 spiro atoms. The fraction of sp³-hybridized carbons (Fsp3) is 0.632. The van der Waals surface area contributed by atoms with E-state index in [1.165, 1.54) is 19.1 Å². The monoisotopic (exact) mass is 417 g/mol. The maximum absolute atomic E-state index is 12.6. The van der Waals surface area contributed by atoms with E-state index in [9.17, 15) is 13.2 Å². The van der Waals surface area contributed by atoms with Gasteiger partial charge in [0.05, 0.1) is 15.8 Å². The zero-order valence-electron chi connectivity index (χ0n) is 14.9. The van der Waals surface area contributed by atoms with Crippen LogP contribution in [0.4, 0.5) is 0 Å². The Morgan fingerprint density at radius 2 is 1.85 bits per heavy atom. The third-order valence-electron chi connectivity index (χ3n) is 5.82. The molecule has 0 aliphatic heterocycles. The van der Waals surface area contributed by atoms with Crippen molar-refractivity contribution in [1.82, 2.24) is 5.32 Å². The van der Waals surface area contributed by atoms with E-state index in [2.05, 4.69) is 5.32 Å². The van der Waals surface area contributed by atoms with Crippen LogP contribution in [0.3, 0.4) is 0 Å². The Morgan fingerprint density at radius 1 is 1.19 bits per heavy atom. The smallest absolute Gasteiger partial charge is 0.252 e. The van der Waals surface area contributed by atoms with Crippen LogP contribution in [0.25, 0.3) is 0 Å². The van der Waals surface area contributed by atoms with Gasteiger partial charge in [0, 0.05) is 17.8 Å². The molecule has 7 heteroatoms. The molecule has 0 heterocycles. The summed E-state index contributed by atoms with van der Waals surface area (Å²) in [7, 11) is -2.99. The summed E-state index contributed by atoms with van der Waals surface area (Å²) in [5, 5.41) is 3.64. The van der Waals surface area contributed by atoms with Crippen molar-refractivity contribution in [3.05, 3.63) is 33.8 Å². The van der Waals surface area contributed by atoms with Crippen LogP contribution in [0.15, 0.2) is 18.2 Å². The molecule has 144 valence electrons. The maximum Gasteiger partial charge on any atom is 0.252 e. The van der Waals surface area contributed by atoms with Crippen molar-refractivity contribution in [3.63, 3.8) is 0 Å². The Bertz CT molecular complexity index is 782. The second-order valence-electron chi connectivity index (χ2n) is 7.98. The van der Waals surface area contributed by atoms with E-state index >= 15 is 0 Å². The first-order valence-electron chi connectivity index (χ1n) is 9.11. The van der Waals surface area contributed by atoms with Gasteiger partial charge in [0.15, 0.2) is 0 Å². The SMILES string of the molecule is CS(=O)(=O)C1CCC(CNC(=O)c2ccc(Cl)cc2Cl)(CC2CC2)CC1. The van der Waals surface area contributed by atoms with Crippen LogP contribution < -0.4 is 5.32 Å². The lowest BCUT2D eigenvalue weighted by molar-refractivity contribution is 0.0895. The molecule has 2 fully saturated rings. The molecule has 2 aliphatic rings. The summed E-state index contributed by atoms with van der Waals surface area (Å²) in [6.07, 6.45) is 7.94. The average molecular weight is 418 g/mol. The average Bonchev–Trinajstić information content (AvgIpc) is 3.36. The maximum atomic E-state index is 12.6. The second-order valence-corrected chi connectivity index (χ2v) is 11.2. The van der Waals surface area contributed by atoms with Gasteiger partial charge in [0.25, 0.3) is 5.91 Å². The van der Waals surface area contributed by atoms with Crippen LogP contribution in [0, 0.1) is 11.3 Å². The van der Waals surface area contributed by atoms with Crippen molar-refractivity contribution in [2.45, 2.75) is 50.2 Å². The molecule has 0 atom stereocenters. The summed E-state index contributed by atoms with van der Waals surface area (Å²) < 4.78 is 23.7. The van der Waals surface area contributed by atoms with Crippen molar-refractivity contribution < 1.29 is 13.2 Å². The fourth-order valence-corrected chi connectivity index (χ4v) is 5.64. The van der Waals surface area contributed by atoms with Gasteiger partial charge in [-0.1, -0.05) is 36.0 Å². The van der Waals surface area contributed by atoms with E-state index in [-0.39, 0.29) is 16.6 Å². The van der Waals surface area contributed by atoms with E-state index < -0.39 is 9.84 Å². The van der Waals surface area contributed by atoms with Gasteiger partial charge in [-0.05, 0) is 61.6 Å². The number of sulfone groups is 1. The first-order valence-corrected chi connectivity index (χ1v) is 11.8. The predicted octanol–water partition coefficient (Wildman–Crippen LogP) is 4.50.